The second kappa shape index (κ2) is 4.96. The van der Waals surface area contributed by atoms with Gasteiger partial charge in [0.15, 0.2) is 0 Å². The molecule has 0 radical (unpaired) electrons. The van der Waals surface area contributed by atoms with Crippen LogP contribution < -0.4 is 5.73 Å². The fourth-order valence-corrected chi connectivity index (χ4v) is 4.50. The van der Waals surface area contributed by atoms with Crippen LogP contribution in [0.4, 0.5) is 0 Å². The molecule has 114 valence electrons. The van der Waals surface area contributed by atoms with Crippen LogP contribution in [-0.4, -0.2) is 9.55 Å². The van der Waals surface area contributed by atoms with Crippen LogP contribution in [0, 0.1) is 19.3 Å². The standard InChI is InChI=1S/C17H25N3S/c1-10-6-13-14(18)7-17(4,5)8-15(13)20(10)12(3)16-19-9-11(2)21-16/h6,9,12,14H,7-8,18H2,1-5H3. The quantitative estimate of drug-likeness (QED) is 0.906. The first kappa shape index (κ1) is 14.8. The van der Waals surface area contributed by atoms with E-state index in [1.165, 1.54) is 26.8 Å². The molecule has 0 fully saturated rings. The third kappa shape index (κ3) is 2.55. The molecule has 0 aliphatic heterocycles. The highest BCUT2D eigenvalue weighted by Gasteiger charge is 2.34. The minimum absolute atomic E-state index is 0.161. The van der Waals surface area contributed by atoms with Gasteiger partial charge in [-0.05, 0) is 50.7 Å². The molecule has 0 spiro atoms. The number of rotatable bonds is 2. The van der Waals surface area contributed by atoms with E-state index in [1.54, 1.807) is 11.3 Å². The second-order valence-electron chi connectivity index (χ2n) is 7.19. The smallest absolute Gasteiger partial charge is 0.115 e. The van der Waals surface area contributed by atoms with E-state index in [1.807, 2.05) is 6.20 Å². The van der Waals surface area contributed by atoms with Crippen LogP contribution in [0.2, 0.25) is 0 Å². The van der Waals surface area contributed by atoms with E-state index in [-0.39, 0.29) is 17.5 Å². The Hall–Kier alpha value is -1.13. The predicted molar refractivity (Wildman–Crippen MR) is 88.9 cm³/mol. The van der Waals surface area contributed by atoms with Crippen molar-refractivity contribution in [2.45, 2.75) is 59.5 Å². The largest absolute Gasteiger partial charge is 0.339 e. The topological polar surface area (TPSA) is 43.8 Å². The molecule has 2 atom stereocenters. The summed E-state index contributed by atoms with van der Waals surface area (Å²) in [6.45, 7) is 11.2. The minimum Gasteiger partial charge on any atom is -0.339 e. The van der Waals surface area contributed by atoms with E-state index >= 15 is 0 Å². The fraction of sp³-hybridized carbons (Fsp3) is 0.588. The molecule has 21 heavy (non-hydrogen) atoms. The highest BCUT2D eigenvalue weighted by Crippen LogP contribution is 2.42. The number of aromatic nitrogens is 2. The van der Waals surface area contributed by atoms with Gasteiger partial charge >= 0.3 is 0 Å². The van der Waals surface area contributed by atoms with Gasteiger partial charge in [0, 0.05) is 28.5 Å². The zero-order valence-corrected chi connectivity index (χ0v) is 14.4. The third-order valence-corrected chi connectivity index (χ3v) is 5.65. The predicted octanol–water partition coefficient (Wildman–Crippen LogP) is 4.14. The minimum atomic E-state index is 0.161. The maximum atomic E-state index is 6.42. The van der Waals surface area contributed by atoms with Crippen molar-refractivity contribution in [3.05, 3.63) is 39.1 Å². The van der Waals surface area contributed by atoms with Crippen molar-refractivity contribution in [3.8, 4) is 0 Å². The van der Waals surface area contributed by atoms with Gasteiger partial charge in [-0.15, -0.1) is 11.3 Å². The van der Waals surface area contributed by atoms with Crippen LogP contribution in [0.25, 0.3) is 0 Å². The molecule has 2 aromatic heterocycles. The Kier molecular flexibility index (Phi) is 3.49. The summed E-state index contributed by atoms with van der Waals surface area (Å²) in [5.74, 6) is 0. The van der Waals surface area contributed by atoms with Crippen molar-refractivity contribution in [1.82, 2.24) is 9.55 Å². The van der Waals surface area contributed by atoms with Gasteiger partial charge in [-0.1, -0.05) is 13.8 Å². The third-order valence-electron chi connectivity index (χ3n) is 4.57. The Morgan fingerprint density at radius 3 is 2.76 bits per heavy atom. The van der Waals surface area contributed by atoms with Gasteiger partial charge in [0.1, 0.15) is 5.01 Å². The Morgan fingerprint density at radius 2 is 2.14 bits per heavy atom. The lowest BCUT2D eigenvalue weighted by Crippen LogP contribution is -2.31. The van der Waals surface area contributed by atoms with Crippen molar-refractivity contribution in [2.75, 3.05) is 0 Å². The lowest BCUT2D eigenvalue weighted by Gasteiger charge is -2.35. The van der Waals surface area contributed by atoms with Crippen molar-refractivity contribution >= 4 is 11.3 Å². The molecule has 2 heterocycles. The van der Waals surface area contributed by atoms with Gasteiger partial charge in [0.05, 0.1) is 6.04 Å². The zero-order chi connectivity index (χ0) is 15.4. The summed E-state index contributed by atoms with van der Waals surface area (Å²) in [5.41, 5.74) is 10.7. The first-order valence-electron chi connectivity index (χ1n) is 7.67. The van der Waals surface area contributed by atoms with Gasteiger partial charge in [0.25, 0.3) is 0 Å². The van der Waals surface area contributed by atoms with Gasteiger partial charge in [0.2, 0.25) is 0 Å². The normalized spacial score (nSPS) is 22.1. The summed E-state index contributed by atoms with van der Waals surface area (Å²) in [5, 5.41) is 1.19. The monoisotopic (exact) mass is 303 g/mol. The number of thiazole rings is 1. The lowest BCUT2D eigenvalue weighted by atomic mass is 9.74. The van der Waals surface area contributed by atoms with Crippen molar-refractivity contribution in [2.24, 2.45) is 11.1 Å². The molecule has 4 heteroatoms. The highest BCUT2D eigenvalue weighted by atomic mass is 32.1. The molecule has 3 nitrogen and oxygen atoms in total. The number of aryl methyl sites for hydroxylation is 2. The summed E-state index contributed by atoms with van der Waals surface area (Å²) in [4.78, 5) is 5.85. The molecule has 0 amide bonds. The molecular formula is C17H25N3S. The number of hydrogen-bond acceptors (Lipinski definition) is 3. The van der Waals surface area contributed by atoms with Crippen LogP contribution in [0.1, 0.15) is 66.1 Å². The van der Waals surface area contributed by atoms with Crippen LogP contribution >= 0.6 is 11.3 Å². The van der Waals surface area contributed by atoms with Gasteiger partial charge in [-0.3, -0.25) is 0 Å². The maximum absolute atomic E-state index is 6.42. The number of nitrogens with two attached hydrogens (primary N) is 1. The Morgan fingerprint density at radius 1 is 1.43 bits per heavy atom. The molecule has 0 saturated heterocycles. The van der Waals surface area contributed by atoms with Crippen molar-refractivity contribution < 1.29 is 0 Å². The fourth-order valence-electron chi connectivity index (χ4n) is 3.68. The maximum Gasteiger partial charge on any atom is 0.115 e. The number of nitrogens with zero attached hydrogens (tertiary/aromatic N) is 2. The number of hydrogen-bond donors (Lipinski definition) is 1. The van der Waals surface area contributed by atoms with Gasteiger partial charge in [-0.2, -0.15) is 0 Å². The summed E-state index contributed by atoms with van der Waals surface area (Å²) >= 11 is 1.79. The first-order chi connectivity index (χ1) is 9.78. The van der Waals surface area contributed by atoms with Crippen molar-refractivity contribution in [3.63, 3.8) is 0 Å². The molecule has 0 saturated carbocycles. The van der Waals surface area contributed by atoms with Gasteiger partial charge < -0.3 is 10.3 Å². The molecule has 2 N–H and O–H groups in total. The zero-order valence-electron chi connectivity index (χ0n) is 13.6. The van der Waals surface area contributed by atoms with Crippen LogP contribution in [0.5, 0.6) is 0 Å². The first-order valence-corrected chi connectivity index (χ1v) is 8.48. The van der Waals surface area contributed by atoms with E-state index in [4.69, 9.17) is 5.73 Å². The molecule has 2 unspecified atom stereocenters. The van der Waals surface area contributed by atoms with Crippen LogP contribution in [-0.2, 0) is 6.42 Å². The molecule has 3 rings (SSSR count). The Labute approximate surface area is 131 Å². The molecule has 1 aliphatic carbocycles. The van der Waals surface area contributed by atoms with E-state index in [9.17, 15) is 0 Å². The molecule has 0 aromatic carbocycles. The average Bonchev–Trinajstić information content (AvgIpc) is 2.91. The van der Waals surface area contributed by atoms with E-state index in [0.717, 1.165) is 12.8 Å². The van der Waals surface area contributed by atoms with E-state index in [0.29, 0.717) is 0 Å². The van der Waals surface area contributed by atoms with Crippen LogP contribution in [0.15, 0.2) is 12.3 Å². The Bertz CT molecular complexity index is 666. The molecule has 2 aromatic rings. The molecule has 0 bridgehead atoms. The summed E-state index contributed by atoms with van der Waals surface area (Å²) in [7, 11) is 0. The summed E-state index contributed by atoms with van der Waals surface area (Å²) in [6, 6.07) is 2.73. The second-order valence-corrected chi connectivity index (χ2v) is 8.46. The Balaban J connectivity index is 2.08. The van der Waals surface area contributed by atoms with Gasteiger partial charge in [-0.25, -0.2) is 4.98 Å². The van der Waals surface area contributed by atoms with E-state index in [2.05, 4.69) is 50.2 Å². The molecular weight excluding hydrogens is 278 g/mol. The summed E-state index contributed by atoms with van der Waals surface area (Å²) in [6.07, 6.45) is 4.13. The molecule has 1 aliphatic rings. The SMILES string of the molecule is Cc1cnc(C(C)n2c(C)cc3c2CC(C)(C)CC3N)s1. The lowest BCUT2D eigenvalue weighted by molar-refractivity contribution is 0.274. The van der Waals surface area contributed by atoms with Crippen LogP contribution in [0.3, 0.4) is 0 Å². The average molecular weight is 303 g/mol. The number of fused-ring (bicyclic) bond motifs is 1. The highest BCUT2D eigenvalue weighted by molar-refractivity contribution is 7.11. The van der Waals surface area contributed by atoms with Crippen molar-refractivity contribution in [1.29, 1.82) is 0 Å². The van der Waals surface area contributed by atoms with E-state index < -0.39 is 0 Å². The summed E-state index contributed by atoms with van der Waals surface area (Å²) < 4.78 is 2.45.